The molecule has 3 nitrogen and oxygen atoms in total. The van der Waals surface area contributed by atoms with Gasteiger partial charge in [-0.15, -0.1) is 0 Å². The predicted molar refractivity (Wildman–Crippen MR) is 45.5 cm³/mol. The minimum absolute atomic E-state index is 0. The summed E-state index contributed by atoms with van der Waals surface area (Å²) >= 11 is 0. The molecule has 1 saturated carbocycles. The molecule has 0 aliphatic heterocycles. The van der Waals surface area contributed by atoms with E-state index in [0.29, 0.717) is 0 Å². The van der Waals surface area contributed by atoms with E-state index in [1.54, 1.807) is 6.92 Å². The largest absolute Gasteiger partial charge is 0.412 e. The molecule has 0 aromatic carbocycles. The van der Waals surface area contributed by atoms with Gasteiger partial charge >= 0.3 is 0 Å². The van der Waals surface area contributed by atoms with Crippen LogP contribution in [0.1, 0.15) is 39.0 Å². The minimum Gasteiger partial charge on any atom is -0.412 e. The van der Waals surface area contributed by atoms with Crippen LogP contribution in [0.25, 0.3) is 0 Å². The summed E-state index contributed by atoms with van der Waals surface area (Å²) in [5, 5.41) is 16.5. The fourth-order valence-corrected chi connectivity index (χ4v) is 1.08. The Labute approximate surface area is 68.4 Å². The van der Waals surface area contributed by atoms with E-state index in [2.05, 4.69) is 0 Å². The summed E-state index contributed by atoms with van der Waals surface area (Å²) in [6, 6.07) is 0. The lowest BCUT2D eigenvalue weighted by Gasteiger charge is -2.14. The first-order valence-corrected chi connectivity index (χ1v) is 4.10. The van der Waals surface area contributed by atoms with Gasteiger partial charge in [0.15, 0.2) is 0 Å². The first-order chi connectivity index (χ1) is 4.81. The lowest BCUT2D eigenvalue weighted by atomic mass is 9.98. The first kappa shape index (κ1) is 13.5. The summed E-state index contributed by atoms with van der Waals surface area (Å²) < 4.78 is 0. The Kier molecular flexibility index (Phi) is 12.1. The monoisotopic (exact) mass is 164 g/mol. The molecule has 0 heterocycles. The standard InChI is InChI=1S/C6H12O.C2H6O.H2O/c7-6-4-2-1-3-5-6;1-2-3;/h6-7H,1-5H2;3H,2H2,1H3;1H2. The Hall–Kier alpha value is -0.120. The second kappa shape index (κ2) is 9.88. The molecule has 0 aromatic heterocycles. The fourth-order valence-electron chi connectivity index (χ4n) is 1.08. The molecular formula is C8H20O3. The molecule has 0 radical (unpaired) electrons. The minimum atomic E-state index is 0. The normalized spacial score (nSPS) is 17.7. The topological polar surface area (TPSA) is 72.0 Å². The van der Waals surface area contributed by atoms with Crippen molar-refractivity contribution in [1.82, 2.24) is 0 Å². The van der Waals surface area contributed by atoms with Crippen molar-refractivity contribution in [2.75, 3.05) is 6.61 Å². The maximum atomic E-state index is 8.91. The molecule has 0 bridgehead atoms. The van der Waals surface area contributed by atoms with Gasteiger partial charge in [0.1, 0.15) is 0 Å². The van der Waals surface area contributed by atoms with Crippen molar-refractivity contribution in [2.45, 2.75) is 45.1 Å². The van der Waals surface area contributed by atoms with Crippen LogP contribution in [0, 0.1) is 0 Å². The number of hydrogen-bond donors (Lipinski definition) is 2. The quantitative estimate of drug-likeness (QED) is 0.546. The molecule has 0 atom stereocenters. The average Bonchev–Trinajstić information content (AvgIpc) is 1.91. The van der Waals surface area contributed by atoms with Gasteiger partial charge in [-0.1, -0.05) is 19.3 Å². The molecule has 0 unspecified atom stereocenters. The van der Waals surface area contributed by atoms with Gasteiger partial charge in [0, 0.05) is 6.61 Å². The van der Waals surface area contributed by atoms with Crippen LogP contribution in [0.15, 0.2) is 0 Å². The summed E-state index contributed by atoms with van der Waals surface area (Å²) in [5.74, 6) is 0. The number of aliphatic hydroxyl groups excluding tert-OH is 2. The highest BCUT2D eigenvalue weighted by Crippen LogP contribution is 2.16. The second-order valence-corrected chi connectivity index (χ2v) is 2.61. The van der Waals surface area contributed by atoms with Crippen LogP contribution >= 0.6 is 0 Å². The maximum absolute atomic E-state index is 8.91. The Morgan fingerprint density at radius 1 is 1.18 bits per heavy atom. The van der Waals surface area contributed by atoms with Crippen LogP contribution in [-0.4, -0.2) is 28.4 Å². The molecule has 0 spiro atoms. The Morgan fingerprint density at radius 3 is 1.73 bits per heavy atom. The maximum Gasteiger partial charge on any atom is 0.0540 e. The van der Waals surface area contributed by atoms with E-state index in [1.807, 2.05) is 0 Å². The smallest absolute Gasteiger partial charge is 0.0540 e. The molecule has 1 aliphatic carbocycles. The van der Waals surface area contributed by atoms with E-state index in [1.165, 1.54) is 19.3 Å². The summed E-state index contributed by atoms with van der Waals surface area (Å²) in [6.45, 7) is 1.93. The van der Waals surface area contributed by atoms with Crippen molar-refractivity contribution >= 4 is 0 Å². The van der Waals surface area contributed by atoms with Gasteiger partial charge in [-0.05, 0) is 19.8 Å². The highest BCUT2D eigenvalue weighted by atomic mass is 16.3. The lowest BCUT2D eigenvalue weighted by Crippen LogP contribution is -2.09. The molecule has 0 saturated heterocycles. The second-order valence-electron chi connectivity index (χ2n) is 2.61. The molecule has 70 valence electrons. The Balaban J connectivity index is 0. The van der Waals surface area contributed by atoms with Crippen LogP contribution in [0.4, 0.5) is 0 Å². The van der Waals surface area contributed by atoms with Gasteiger partial charge in [0.25, 0.3) is 0 Å². The summed E-state index contributed by atoms with van der Waals surface area (Å²) in [5.41, 5.74) is 0. The lowest BCUT2D eigenvalue weighted by molar-refractivity contribution is 0.130. The van der Waals surface area contributed by atoms with Crippen molar-refractivity contribution in [3.05, 3.63) is 0 Å². The number of hydrogen-bond acceptors (Lipinski definition) is 2. The molecule has 0 amide bonds. The van der Waals surface area contributed by atoms with Crippen LogP contribution in [0.5, 0.6) is 0 Å². The zero-order chi connectivity index (χ0) is 7.82. The molecule has 1 aliphatic rings. The van der Waals surface area contributed by atoms with E-state index >= 15 is 0 Å². The van der Waals surface area contributed by atoms with Crippen molar-refractivity contribution in [1.29, 1.82) is 0 Å². The third-order valence-electron chi connectivity index (χ3n) is 1.57. The average molecular weight is 164 g/mol. The first-order valence-electron chi connectivity index (χ1n) is 4.10. The van der Waals surface area contributed by atoms with E-state index in [-0.39, 0.29) is 18.2 Å². The summed E-state index contributed by atoms with van der Waals surface area (Å²) in [4.78, 5) is 0. The molecule has 0 aromatic rings. The van der Waals surface area contributed by atoms with Crippen molar-refractivity contribution in [2.24, 2.45) is 0 Å². The van der Waals surface area contributed by atoms with E-state index in [4.69, 9.17) is 10.2 Å². The molecule has 1 rings (SSSR count). The Morgan fingerprint density at radius 2 is 1.55 bits per heavy atom. The van der Waals surface area contributed by atoms with Crippen molar-refractivity contribution in [3.8, 4) is 0 Å². The summed E-state index contributed by atoms with van der Waals surface area (Å²) in [7, 11) is 0. The SMILES string of the molecule is CCO.O.OC1CCCCC1. The van der Waals surface area contributed by atoms with Crippen LogP contribution in [0.3, 0.4) is 0 Å². The highest BCUT2D eigenvalue weighted by molar-refractivity contribution is 4.61. The van der Waals surface area contributed by atoms with Gasteiger partial charge < -0.3 is 15.7 Å². The zero-order valence-electron chi connectivity index (χ0n) is 7.21. The van der Waals surface area contributed by atoms with E-state index in [0.717, 1.165) is 12.8 Å². The fraction of sp³-hybridized carbons (Fsp3) is 1.00. The van der Waals surface area contributed by atoms with Gasteiger partial charge in [-0.2, -0.15) is 0 Å². The molecule has 3 heteroatoms. The van der Waals surface area contributed by atoms with Gasteiger partial charge in [-0.25, -0.2) is 0 Å². The van der Waals surface area contributed by atoms with E-state index < -0.39 is 0 Å². The molecular weight excluding hydrogens is 144 g/mol. The summed E-state index contributed by atoms with van der Waals surface area (Å²) in [6.07, 6.45) is 5.92. The molecule has 1 fully saturated rings. The van der Waals surface area contributed by atoms with Gasteiger partial charge in [0.05, 0.1) is 6.10 Å². The van der Waals surface area contributed by atoms with Crippen LogP contribution in [-0.2, 0) is 0 Å². The van der Waals surface area contributed by atoms with Crippen molar-refractivity contribution in [3.63, 3.8) is 0 Å². The Bertz CT molecular complexity index is 60.4. The predicted octanol–water partition coefficient (Wildman–Crippen LogP) is 0.485. The van der Waals surface area contributed by atoms with Crippen LogP contribution < -0.4 is 0 Å². The van der Waals surface area contributed by atoms with Crippen molar-refractivity contribution < 1.29 is 15.7 Å². The third-order valence-corrected chi connectivity index (χ3v) is 1.57. The molecule has 4 N–H and O–H groups in total. The highest BCUT2D eigenvalue weighted by Gasteiger charge is 2.07. The third kappa shape index (κ3) is 9.88. The van der Waals surface area contributed by atoms with Gasteiger partial charge in [-0.3, -0.25) is 0 Å². The van der Waals surface area contributed by atoms with E-state index in [9.17, 15) is 0 Å². The van der Waals surface area contributed by atoms with Crippen LogP contribution in [0.2, 0.25) is 0 Å². The number of rotatable bonds is 0. The number of aliphatic hydroxyl groups is 2. The van der Waals surface area contributed by atoms with Gasteiger partial charge in [0.2, 0.25) is 0 Å². The molecule has 11 heavy (non-hydrogen) atoms. The zero-order valence-corrected chi connectivity index (χ0v) is 7.21.